The van der Waals surface area contributed by atoms with Crippen LogP contribution >= 0.6 is 0 Å². The number of anilines is 1. The molecule has 8 heteroatoms. The monoisotopic (exact) mass is 471 g/mol. The van der Waals surface area contributed by atoms with Gasteiger partial charge in [-0.2, -0.15) is 4.31 Å². The Hall–Kier alpha value is -2.71. The van der Waals surface area contributed by atoms with E-state index in [0.29, 0.717) is 43.2 Å². The summed E-state index contributed by atoms with van der Waals surface area (Å²) in [4.78, 5) is 24.7. The first-order chi connectivity index (χ1) is 15.6. The van der Waals surface area contributed by atoms with Crippen molar-refractivity contribution in [2.45, 2.75) is 51.5 Å². The second-order valence-electron chi connectivity index (χ2n) is 9.14. The van der Waals surface area contributed by atoms with Crippen molar-refractivity contribution in [2.24, 2.45) is 11.8 Å². The fraction of sp³-hybridized carbons (Fsp3) is 0.440. The van der Waals surface area contributed by atoms with Gasteiger partial charge in [-0.25, -0.2) is 8.42 Å². The van der Waals surface area contributed by atoms with E-state index in [2.05, 4.69) is 17.6 Å². The molecular weight excluding hydrogens is 438 g/mol. The topological polar surface area (TPSA) is 95.6 Å². The van der Waals surface area contributed by atoms with Gasteiger partial charge in [0.05, 0.1) is 4.90 Å². The van der Waals surface area contributed by atoms with E-state index in [1.54, 1.807) is 0 Å². The number of nitrogens with zero attached hydrogens (tertiary/aromatic N) is 1. The molecule has 0 spiro atoms. The van der Waals surface area contributed by atoms with Crippen LogP contribution in [0.2, 0.25) is 0 Å². The molecule has 178 valence electrons. The molecule has 33 heavy (non-hydrogen) atoms. The van der Waals surface area contributed by atoms with E-state index in [1.165, 1.54) is 28.6 Å². The summed E-state index contributed by atoms with van der Waals surface area (Å²) >= 11 is 0. The molecule has 2 amide bonds. The lowest BCUT2D eigenvalue weighted by molar-refractivity contribution is -0.116. The molecule has 0 unspecified atom stereocenters. The summed E-state index contributed by atoms with van der Waals surface area (Å²) in [5.41, 5.74) is 1.93. The summed E-state index contributed by atoms with van der Waals surface area (Å²) < 4.78 is 27.2. The number of carbonyl (C=O) groups is 2. The van der Waals surface area contributed by atoms with E-state index in [-0.39, 0.29) is 22.6 Å². The largest absolute Gasteiger partial charge is 0.348 e. The van der Waals surface area contributed by atoms with Crippen LogP contribution in [-0.2, 0) is 21.4 Å². The minimum atomic E-state index is -3.54. The van der Waals surface area contributed by atoms with Crippen molar-refractivity contribution in [1.29, 1.82) is 0 Å². The third-order valence-corrected chi connectivity index (χ3v) is 7.67. The van der Waals surface area contributed by atoms with Crippen molar-refractivity contribution in [3.8, 4) is 0 Å². The summed E-state index contributed by atoms with van der Waals surface area (Å²) in [5.74, 6) is 0.484. The molecular formula is C25H33N3O4S. The SMILES string of the molecule is CC(C)CC(=O)Nc1cccc(CNC(=O)c2ccc(S(=O)(=O)N3CCC(C)CC3)cc2)c1. The first-order valence-corrected chi connectivity index (χ1v) is 12.9. The van der Waals surface area contributed by atoms with Crippen molar-refractivity contribution < 1.29 is 18.0 Å². The Labute approximate surface area is 196 Å². The molecule has 7 nitrogen and oxygen atoms in total. The van der Waals surface area contributed by atoms with Crippen molar-refractivity contribution in [1.82, 2.24) is 9.62 Å². The Kier molecular flexibility index (Phi) is 8.26. The molecule has 1 aliphatic heterocycles. The summed E-state index contributed by atoms with van der Waals surface area (Å²) in [6.07, 6.45) is 2.17. The lowest BCUT2D eigenvalue weighted by atomic mass is 10.0. The van der Waals surface area contributed by atoms with Gasteiger partial charge in [0.2, 0.25) is 15.9 Å². The molecule has 0 atom stereocenters. The summed E-state index contributed by atoms with van der Waals surface area (Å²) in [6.45, 7) is 7.46. The number of hydrogen-bond acceptors (Lipinski definition) is 4. The van der Waals surface area contributed by atoms with Crippen LogP contribution in [0.25, 0.3) is 0 Å². The van der Waals surface area contributed by atoms with Gasteiger partial charge in [-0.3, -0.25) is 9.59 Å². The maximum Gasteiger partial charge on any atom is 0.251 e. The number of sulfonamides is 1. The zero-order chi connectivity index (χ0) is 24.0. The summed E-state index contributed by atoms with van der Waals surface area (Å²) in [6, 6.07) is 13.4. The number of benzene rings is 2. The molecule has 2 N–H and O–H groups in total. The fourth-order valence-corrected chi connectivity index (χ4v) is 5.25. The number of piperidine rings is 1. The van der Waals surface area contributed by atoms with Crippen LogP contribution in [0.15, 0.2) is 53.4 Å². The zero-order valence-corrected chi connectivity index (χ0v) is 20.3. The second kappa shape index (κ2) is 10.9. The molecule has 0 aromatic heterocycles. The molecule has 0 aliphatic carbocycles. The van der Waals surface area contributed by atoms with Crippen LogP contribution in [-0.4, -0.2) is 37.6 Å². The first kappa shape index (κ1) is 24.9. The van der Waals surface area contributed by atoms with Gasteiger partial charge < -0.3 is 10.6 Å². The second-order valence-corrected chi connectivity index (χ2v) is 11.1. The Morgan fingerprint density at radius 1 is 1.06 bits per heavy atom. The van der Waals surface area contributed by atoms with Crippen molar-refractivity contribution in [2.75, 3.05) is 18.4 Å². The summed E-state index contributed by atoms with van der Waals surface area (Å²) in [7, 11) is -3.54. The molecule has 1 saturated heterocycles. The van der Waals surface area contributed by atoms with Gasteiger partial charge in [-0.1, -0.05) is 32.9 Å². The lowest BCUT2D eigenvalue weighted by Gasteiger charge is -2.29. The van der Waals surface area contributed by atoms with Crippen LogP contribution in [0.1, 0.15) is 56.0 Å². The predicted molar refractivity (Wildman–Crippen MR) is 129 cm³/mol. The van der Waals surface area contributed by atoms with Gasteiger partial charge in [0, 0.05) is 37.3 Å². The lowest BCUT2D eigenvalue weighted by Crippen LogP contribution is -2.37. The van der Waals surface area contributed by atoms with Crippen LogP contribution < -0.4 is 10.6 Å². The Bertz CT molecular complexity index is 1070. The molecule has 1 aliphatic rings. The fourth-order valence-electron chi connectivity index (χ4n) is 3.78. The smallest absolute Gasteiger partial charge is 0.251 e. The number of nitrogens with one attached hydrogen (secondary N) is 2. The van der Waals surface area contributed by atoms with Crippen LogP contribution in [0.5, 0.6) is 0 Å². The molecule has 0 bridgehead atoms. The molecule has 1 fully saturated rings. The Morgan fingerprint density at radius 3 is 2.36 bits per heavy atom. The van der Waals surface area contributed by atoms with Gasteiger partial charge in [0.15, 0.2) is 0 Å². The quantitative estimate of drug-likeness (QED) is 0.608. The maximum absolute atomic E-state index is 12.8. The third-order valence-electron chi connectivity index (χ3n) is 5.75. The van der Waals surface area contributed by atoms with E-state index in [1.807, 2.05) is 38.1 Å². The van der Waals surface area contributed by atoms with Gasteiger partial charge in [-0.15, -0.1) is 0 Å². The van der Waals surface area contributed by atoms with Gasteiger partial charge in [0.25, 0.3) is 5.91 Å². The molecule has 0 radical (unpaired) electrons. The third kappa shape index (κ3) is 6.88. The van der Waals surface area contributed by atoms with E-state index in [9.17, 15) is 18.0 Å². The molecule has 3 rings (SSSR count). The van der Waals surface area contributed by atoms with Gasteiger partial charge in [0.1, 0.15) is 0 Å². The highest BCUT2D eigenvalue weighted by Crippen LogP contribution is 2.23. The van der Waals surface area contributed by atoms with E-state index in [4.69, 9.17) is 0 Å². The standard InChI is InChI=1S/C25H33N3O4S/c1-18(2)15-24(29)27-22-6-4-5-20(16-22)17-26-25(30)21-7-9-23(10-8-21)33(31,32)28-13-11-19(3)12-14-28/h4-10,16,18-19H,11-15,17H2,1-3H3,(H,26,30)(H,27,29). The van der Waals surface area contributed by atoms with E-state index >= 15 is 0 Å². The van der Waals surface area contributed by atoms with E-state index in [0.717, 1.165) is 18.4 Å². The van der Waals surface area contributed by atoms with Gasteiger partial charge in [-0.05, 0) is 66.6 Å². The van der Waals surface area contributed by atoms with Crippen LogP contribution in [0, 0.1) is 11.8 Å². The molecule has 2 aromatic carbocycles. The molecule has 2 aromatic rings. The average Bonchev–Trinajstić information content (AvgIpc) is 2.77. The van der Waals surface area contributed by atoms with Crippen molar-refractivity contribution in [3.05, 3.63) is 59.7 Å². The number of hydrogen-bond donors (Lipinski definition) is 2. The van der Waals surface area contributed by atoms with Crippen molar-refractivity contribution >= 4 is 27.5 Å². The number of rotatable bonds is 8. The first-order valence-electron chi connectivity index (χ1n) is 11.4. The highest BCUT2D eigenvalue weighted by Gasteiger charge is 2.28. The van der Waals surface area contributed by atoms with Crippen LogP contribution in [0.3, 0.4) is 0 Å². The number of carbonyl (C=O) groups excluding carboxylic acids is 2. The minimum Gasteiger partial charge on any atom is -0.348 e. The highest BCUT2D eigenvalue weighted by molar-refractivity contribution is 7.89. The zero-order valence-electron chi connectivity index (χ0n) is 19.5. The van der Waals surface area contributed by atoms with Crippen LogP contribution in [0.4, 0.5) is 5.69 Å². The molecule has 1 heterocycles. The highest BCUT2D eigenvalue weighted by atomic mass is 32.2. The maximum atomic E-state index is 12.8. The normalized spacial score (nSPS) is 15.4. The predicted octanol–water partition coefficient (Wildman–Crippen LogP) is 4.02. The van der Waals surface area contributed by atoms with E-state index < -0.39 is 10.0 Å². The number of amides is 2. The minimum absolute atomic E-state index is 0.0414. The average molecular weight is 472 g/mol. The molecule has 0 saturated carbocycles. The summed E-state index contributed by atoms with van der Waals surface area (Å²) in [5, 5.41) is 5.71. The van der Waals surface area contributed by atoms with Crippen molar-refractivity contribution in [3.63, 3.8) is 0 Å². The van der Waals surface area contributed by atoms with Gasteiger partial charge >= 0.3 is 0 Å². The Balaban J connectivity index is 1.58. The Morgan fingerprint density at radius 2 is 1.73 bits per heavy atom.